The molecule has 0 unspecified atom stereocenters. The number of aromatic nitrogens is 2. The quantitative estimate of drug-likeness (QED) is 0.817. The number of ether oxygens (including phenoxy) is 1. The standard InChI is InChI=1S/C16H18N4O4/c1-10-18-15(20-24-10)16(6-3-7-16)19-13(21)9-23-12-5-2-4-11(8-12)14(17)22/h2,4-5,8H,3,6-7,9H2,1H3,(H2,17,22)(H,19,21). The van der Waals surface area contributed by atoms with Gasteiger partial charge in [0.2, 0.25) is 11.8 Å². The summed E-state index contributed by atoms with van der Waals surface area (Å²) in [5, 5.41) is 6.85. The molecule has 1 aromatic heterocycles. The van der Waals surface area contributed by atoms with Gasteiger partial charge in [-0.05, 0) is 37.5 Å². The number of carbonyl (C=O) groups excluding carboxylic acids is 2. The highest BCUT2D eigenvalue weighted by molar-refractivity contribution is 5.93. The van der Waals surface area contributed by atoms with Crippen LogP contribution >= 0.6 is 0 Å². The number of nitrogens with zero attached hydrogens (tertiary/aromatic N) is 2. The summed E-state index contributed by atoms with van der Waals surface area (Å²) >= 11 is 0. The predicted octanol–water partition coefficient (Wildman–Crippen LogP) is 1.05. The number of benzene rings is 1. The second kappa shape index (κ2) is 6.31. The average molecular weight is 330 g/mol. The highest BCUT2D eigenvalue weighted by Gasteiger charge is 2.44. The molecule has 0 radical (unpaired) electrons. The molecule has 8 heteroatoms. The molecule has 1 heterocycles. The minimum absolute atomic E-state index is 0.180. The Hall–Kier alpha value is -2.90. The summed E-state index contributed by atoms with van der Waals surface area (Å²) in [7, 11) is 0. The molecule has 0 spiro atoms. The van der Waals surface area contributed by atoms with E-state index in [1.54, 1.807) is 25.1 Å². The molecule has 0 atom stereocenters. The smallest absolute Gasteiger partial charge is 0.258 e. The van der Waals surface area contributed by atoms with E-state index in [2.05, 4.69) is 15.5 Å². The molecule has 1 fully saturated rings. The van der Waals surface area contributed by atoms with Crippen LogP contribution in [-0.2, 0) is 10.3 Å². The van der Waals surface area contributed by atoms with E-state index in [9.17, 15) is 9.59 Å². The van der Waals surface area contributed by atoms with Crippen LogP contribution in [0.15, 0.2) is 28.8 Å². The third kappa shape index (κ3) is 3.22. The van der Waals surface area contributed by atoms with Crippen LogP contribution < -0.4 is 15.8 Å². The maximum atomic E-state index is 12.2. The Labute approximate surface area is 138 Å². The number of nitrogens with one attached hydrogen (secondary N) is 1. The molecule has 1 aliphatic rings. The summed E-state index contributed by atoms with van der Waals surface area (Å²) in [6.45, 7) is 1.53. The Bertz CT molecular complexity index is 767. The van der Waals surface area contributed by atoms with Gasteiger partial charge in [0.1, 0.15) is 11.3 Å². The Morgan fingerprint density at radius 1 is 1.42 bits per heavy atom. The van der Waals surface area contributed by atoms with Gasteiger partial charge in [-0.1, -0.05) is 11.2 Å². The van der Waals surface area contributed by atoms with Crippen molar-refractivity contribution in [3.63, 3.8) is 0 Å². The van der Waals surface area contributed by atoms with Gasteiger partial charge in [0, 0.05) is 12.5 Å². The van der Waals surface area contributed by atoms with E-state index in [-0.39, 0.29) is 12.5 Å². The first-order valence-corrected chi connectivity index (χ1v) is 7.63. The monoisotopic (exact) mass is 330 g/mol. The lowest BCUT2D eigenvalue weighted by Gasteiger charge is -2.39. The van der Waals surface area contributed by atoms with E-state index in [0.717, 1.165) is 19.3 Å². The van der Waals surface area contributed by atoms with E-state index in [1.807, 2.05) is 0 Å². The fourth-order valence-corrected chi connectivity index (χ4v) is 2.62. The first-order chi connectivity index (χ1) is 11.5. The van der Waals surface area contributed by atoms with Crippen molar-refractivity contribution in [2.75, 3.05) is 6.61 Å². The number of hydrogen-bond donors (Lipinski definition) is 2. The summed E-state index contributed by atoms with van der Waals surface area (Å²) in [4.78, 5) is 27.6. The number of nitrogens with two attached hydrogens (primary N) is 1. The lowest BCUT2D eigenvalue weighted by molar-refractivity contribution is -0.126. The highest BCUT2D eigenvalue weighted by atomic mass is 16.5. The highest BCUT2D eigenvalue weighted by Crippen LogP contribution is 2.39. The van der Waals surface area contributed by atoms with Crippen LogP contribution in [-0.4, -0.2) is 28.6 Å². The molecule has 3 rings (SSSR count). The SMILES string of the molecule is Cc1nc(C2(NC(=O)COc3cccc(C(N)=O)c3)CCC2)no1. The number of primary amides is 1. The van der Waals surface area contributed by atoms with Crippen molar-refractivity contribution in [3.8, 4) is 5.75 Å². The summed E-state index contributed by atoms with van der Waals surface area (Å²) in [6.07, 6.45) is 2.50. The normalized spacial score (nSPS) is 15.4. The molecule has 0 saturated heterocycles. The van der Waals surface area contributed by atoms with Crippen LogP contribution in [0.5, 0.6) is 5.75 Å². The van der Waals surface area contributed by atoms with Gasteiger partial charge in [-0.15, -0.1) is 0 Å². The van der Waals surface area contributed by atoms with Crippen molar-refractivity contribution < 1.29 is 18.8 Å². The molecule has 8 nitrogen and oxygen atoms in total. The second-order valence-corrected chi connectivity index (χ2v) is 5.80. The van der Waals surface area contributed by atoms with Crippen molar-refractivity contribution in [2.45, 2.75) is 31.7 Å². The Balaban J connectivity index is 1.61. The van der Waals surface area contributed by atoms with Gasteiger partial charge in [0.25, 0.3) is 5.91 Å². The molecule has 0 aliphatic heterocycles. The predicted molar refractivity (Wildman–Crippen MR) is 83.2 cm³/mol. The van der Waals surface area contributed by atoms with Gasteiger partial charge >= 0.3 is 0 Å². The molecular formula is C16H18N4O4. The van der Waals surface area contributed by atoms with Gasteiger partial charge < -0.3 is 20.3 Å². The zero-order chi connectivity index (χ0) is 17.2. The van der Waals surface area contributed by atoms with E-state index >= 15 is 0 Å². The van der Waals surface area contributed by atoms with Gasteiger partial charge in [-0.3, -0.25) is 9.59 Å². The van der Waals surface area contributed by atoms with Crippen LogP contribution in [0.25, 0.3) is 0 Å². The number of amides is 2. The van der Waals surface area contributed by atoms with Crippen LogP contribution in [0.1, 0.15) is 41.3 Å². The fraction of sp³-hybridized carbons (Fsp3) is 0.375. The lowest BCUT2D eigenvalue weighted by atomic mass is 9.76. The topological polar surface area (TPSA) is 120 Å². The van der Waals surface area contributed by atoms with Gasteiger partial charge in [0.05, 0.1) is 0 Å². The van der Waals surface area contributed by atoms with Crippen LogP contribution in [0.4, 0.5) is 0 Å². The summed E-state index contributed by atoms with van der Waals surface area (Å²) in [5.41, 5.74) is 4.97. The molecule has 1 saturated carbocycles. The van der Waals surface area contributed by atoms with Crippen LogP contribution in [0, 0.1) is 6.92 Å². The zero-order valence-corrected chi connectivity index (χ0v) is 13.2. The van der Waals surface area contributed by atoms with E-state index in [4.69, 9.17) is 15.0 Å². The molecule has 24 heavy (non-hydrogen) atoms. The maximum absolute atomic E-state index is 12.2. The zero-order valence-electron chi connectivity index (χ0n) is 13.2. The molecule has 3 N–H and O–H groups in total. The number of aryl methyl sites for hydroxylation is 1. The van der Waals surface area contributed by atoms with Gasteiger partial charge in [-0.25, -0.2) is 0 Å². The third-order valence-corrected chi connectivity index (χ3v) is 4.03. The maximum Gasteiger partial charge on any atom is 0.258 e. The van der Waals surface area contributed by atoms with Crippen LogP contribution in [0.2, 0.25) is 0 Å². The molecule has 1 aliphatic carbocycles. The molecular weight excluding hydrogens is 312 g/mol. The fourth-order valence-electron chi connectivity index (χ4n) is 2.62. The summed E-state index contributed by atoms with van der Waals surface area (Å²) in [5.74, 6) is 0.521. The Morgan fingerprint density at radius 3 is 2.79 bits per heavy atom. The van der Waals surface area contributed by atoms with Gasteiger partial charge in [0.15, 0.2) is 12.4 Å². The number of carbonyl (C=O) groups is 2. The summed E-state index contributed by atoms with van der Waals surface area (Å²) < 4.78 is 10.4. The van der Waals surface area contributed by atoms with E-state index in [0.29, 0.717) is 23.0 Å². The largest absolute Gasteiger partial charge is 0.484 e. The molecule has 0 bridgehead atoms. The first kappa shape index (κ1) is 16.0. The van der Waals surface area contributed by atoms with Gasteiger partial charge in [-0.2, -0.15) is 4.98 Å². The van der Waals surface area contributed by atoms with Crippen molar-refractivity contribution in [2.24, 2.45) is 5.73 Å². The van der Waals surface area contributed by atoms with Crippen molar-refractivity contribution in [1.82, 2.24) is 15.5 Å². The lowest BCUT2D eigenvalue weighted by Crippen LogP contribution is -2.52. The van der Waals surface area contributed by atoms with Crippen molar-refractivity contribution in [1.29, 1.82) is 0 Å². The van der Waals surface area contributed by atoms with E-state index in [1.165, 1.54) is 6.07 Å². The third-order valence-electron chi connectivity index (χ3n) is 4.03. The minimum atomic E-state index is -0.576. The van der Waals surface area contributed by atoms with Crippen LogP contribution in [0.3, 0.4) is 0 Å². The Kier molecular flexibility index (Phi) is 4.20. The number of hydrogen-bond acceptors (Lipinski definition) is 6. The number of rotatable bonds is 6. The first-order valence-electron chi connectivity index (χ1n) is 7.63. The molecule has 2 aromatic rings. The molecule has 1 aromatic carbocycles. The minimum Gasteiger partial charge on any atom is -0.484 e. The average Bonchev–Trinajstić information content (AvgIpc) is 2.96. The summed E-state index contributed by atoms with van der Waals surface area (Å²) in [6, 6.07) is 6.37. The molecule has 2 amide bonds. The molecule has 126 valence electrons. The van der Waals surface area contributed by atoms with Crippen molar-refractivity contribution >= 4 is 11.8 Å². The van der Waals surface area contributed by atoms with E-state index < -0.39 is 11.4 Å². The second-order valence-electron chi connectivity index (χ2n) is 5.80. The van der Waals surface area contributed by atoms with Crippen molar-refractivity contribution in [3.05, 3.63) is 41.5 Å². The Morgan fingerprint density at radius 2 is 2.21 bits per heavy atom.